The molecule has 0 aromatic carbocycles. The standard InChI is InChI=1S/C2H4F3O3PS/c3-2(4,5)1(6)10-8-9-7/h1,6H,9H2/t1-/m1/s1. The lowest BCUT2D eigenvalue weighted by Gasteiger charge is -2.10. The molecule has 0 radical (unpaired) electrons. The molecule has 0 aromatic heterocycles. The van der Waals surface area contributed by atoms with E-state index < -0.39 is 20.3 Å². The molecule has 0 bridgehead atoms. The van der Waals surface area contributed by atoms with Gasteiger partial charge in [-0.15, -0.1) is 0 Å². The van der Waals surface area contributed by atoms with E-state index in [9.17, 15) is 17.7 Å². The van der Waals surface area contributed by atoms with Gasteiger partial charge in [-0.2, -0.15) is 13.2 Å². The van der Waals surface area contributed by atoms with Crippen molar-refractivity contribution in [3.05, 3.63) is 0 Å². The zero-order valence-corrected chi connectivity index (χ0v) is 6.43. The normalized spacial score (nSPS) is 16.4. The summed E-state index contributed by atoms with van der Waals surface area (Å²) in [7, 11) is -1.73. The van der Waals surface area contributed by atoms with Crippen molar-refractivity contribution in [2.45, 2.75) is 11.6 Å². The number of rotatable bonds is 3. The van der Waals surface area contributed by atoms with Crippen molar-refractivity contribution >= 4 is 20.7 Å². The molecule has 8 heteroatoms. The van der Waals surface area contributed by atoms with Crippen LogP contribution in [0.15, 0.2) is 0 Å². The third-order valence-corrected chi connectivity index (χ3v) is 1.67. The van der Waals surface area contributed by atoms with E-state index in [1.54, 1.807) is 0 Å². The molecule has 0 saturated carbocycles. The van der Waals surface area contributed by atoms with Gasteiger partial charge in [0.25, 0.3) is 0 Å². The predicted molar refractivity (Wildman–Crippen MR) is 31.1 cm³/mol. The SMILES string of the molecule is O=[PH2]OS[C@@H](O)C(F)(F)F. The summed E-state index contributed by atoms with van der Waals surface area (Å²) in [6.45, 7) is 0. The molecule has 1 unspecified atom stereocenters. The van der Waals surface area contributed by atoms with Crippen LogP contribution in [0.1, 0.15) is 0 Å². The van der Waals surface area contributed by atoms with Crippen LogP contribution in [0.4, 0.5) is 13.2 Å². The number of aliphatic hydroxyl groups excluding tert-OH is 1. The number of alkyl halides is 3. The van der Waals surface area contributed by atoms with Gasteiger partial charge in [-0.1, -0.05) is 0 Å². The minimum atomic E-state index is -4.72. The van der Waals surface area contributed by atoms with Gasteiger partial charge >= 0.3 is 6.18 Å². The molecule has 0 aliphatic rings. The summed E-state index contributed by atoms with van der Waals surface area (Å²) in [5, 5.41) is 8.10. The van der Waals surface area contributed by atoms with E-state index in [1.807, 2.05) is 0 Å². The summed E-state index contributed by atoms with van der Waals surface area (Å²) < 4.78 is 47.3. The Morgan fingerprint density at radius 2 is 2.10 bits per heavy atom. The monoisotopic (exact) mass is 196 g/mol. The minimum Gasteiger partial charge on any atom is -0.372 e. The van der Waals surface area contributed by atoms with Gasteiger partial charge in [0.05, 0.1) is 0 Å². The number of aliphatic hydroxyl groups is 1. The zero-order chi connectivity index (χ0) is 8.20. The molecule has 1 N–H and O–H groups in total. The van der Waals surface area contributed by atoms with Gasteiger partial charge in [0, 0.05) is 12.0 Å². The van der Waals surface area contributed by atoms with Crippen LogP contribution in [0, 0.1) is 0 Å². The number of hydrogen-bond acceptors (Lipinski definition) is 4. The van der Waals surface area contributed by atoms with E-state index in [4.69, 9.17) is 5.11 Å². The third kappa shape index (κ3) is 4.16. The largest absolute Gasteiger partial charge is 0.426 e. The molecule has 10 heavy (non-hydrogen) atoms. The molecule has 0 amide bonds. The first-order valence-electron chi connectivity index (χ1n) is 1.99. The molecule has 0 aliphatic heterocycles. The van der Waals surface area contributed by atoms with Crippen LogP contribution < -0.4 is 0 Å². The molecule has 62 valence electrons. The van der Waals surface area contributed by atoms with Gasteiger partial charge in [0.15, 0.2) is 8.69 Å². The maximum atomic E-state index is 11.3. The summed E-state index contributed by atoms with van der Waals surface area (Å²) >= 11 is -0.262. The van der Waals surface area contributed by atoms with E-state index in [2.05, 4.69) is 3.97 Å². The van der Waals surface area contributed by atoms with E-state index in [-0.39, 0.29) is 12.0 Å². The lowest BCUT2D eigenvalue weighted by atomic mass is 10.7. The molecular formula is C2H4F3O3PS. The van der Waals surface area contributed by atoms with Crippen molar-refractivity contribution in [1.29, 1.82) is 0 Å². The second-order valence-electron chi connectivity index (χ2n) is 1.18. The summed E-state index contributed by atoms with van der Waals surface area (Å²) in [4.78, 5) is 0. The van der Waals surface area contributed by atoms with E-state index in [0.717, 1.165) is 0 Å². The van der Waals surface area contributed by atoms with Crippen molar-refractivity contribution in [3.8, 4) is 0 Å². The minimum absolute atomic E-state index is 0.262. The fraction of sp³-hybridized carbons (Fsp3) is 1.00. The fourth-order valence-electron chi connectivity index (χ4n) is 0.130. The molecule has 0 aromatic rings. The van der Waals surface area contributed by atoms with Gasteiger partial charge in [0.1, 0.15) is 0 Å². The highest BCUT2D eigenvalue weighted by molar-refractivity contribution is 7.97. The summed E-state index contributed by atoms with van der Waals surface area (Å²) in [5.41, 5.74) is -2.62. The molecule has 3 nitrogen and oxygen atoms in total. The number of halogens is 3. The predicted octanol–water partition coefficient (Wildman–Crippen LogP) is 1.20. The molecule has 0 fully saturated rings. The second kappa shape index (κ2) is 4.23. The molecular weight excluding hydrogens is 192 g/mol. The summed E-state index contributed by atoms with van der Waals surface area (Å²) in [6.07, 6.45) is -4.72. The second-order valence-corrected chi connectivity index (χ2v) is 2.78. The Bertz CT molecular complexity index is 117. The smallest absolute Gasteiger partial charge is 0.372 e. The van der Waals surface area contributed by atoms with E-state index in [1.165, 1.54) is 0 Å². The lowest BCUT2D eigenvalue weighted by molar-refractivity contribution is -0.174. The summed E-state index contributed by atoms with van der Waals surface area (Å²) in [6, 6.07) is 0. The van der Waals surface area contributed by atoms with E-state index in [0.29, 0.717) is 0 Å². The zero-order valence-electron chi connectivity index (χ0n) is 4.46. The average Bonchev–Trinajstić information content (AvgIpc) is 1.80. The van der Waals surface area contributed by atoms with Crippen LogP contribution in [0.25, 0.3) is 0 Å². The van der Waals surface area contributed by atoms with Gasteiger partial charge in [-0.3, -0.25) is 8.54 Å². The van der Waals surface area contributed by atoms with Crippen LogP contribution in [0.3, 0.4) is 0 Å². The number of hydrogen-bond donors (Lipinski definition) is 1. The quantitative estimate of drug-likeness (QED) is 0.418. The lowest BCUT2D eigenvalue weighted by Crippen LogP contribution is -2.24. The highest BCUT2D eigenvalue weighted by Gasteiger charge is 2.39. The van der Waals surface area contributed by atoms with Crippen LogP contribution in [-0.2, 0) is 8.54 Å². The van der Waals surface area contributed by atoms with Gasteiger partial charge < -0.3 is 5.11 Å². The fourth-order valence-corrected chi connectivity index (χ4v) is 0.841. The molecule has 0 saturated heterocycles. The first-order chi connectivity index (χ1) is 4.48. The molecule has 0 heterocycles. The van der Waals surface area contributed by atoms with Crippen LogP contribution in [0.2, 0.25) is 0 Å². The van der Waals surface area contributed by atoms with Crippen LogP contribution >= 0.6 is 20.7 Å². The van der Waals surface area contributed by atoms with Crippen molar-refractivity contribution in [1.82, 2.24) is 0 Å². The summed E-state index contributed by atoms with van der Waals surface area (Å²) in [5.74, 6) is 0. The van der Waals surface area contributed by atoms with Gasteiger partial charge in [-0.05, 0) is 0 Å². The maximum absolute atomic E-state index is 11.3. The molecule has 0 aliphatic carbocycles. The molecule has 0 rings (SSSR count). The Morgan fingerprint density at radius 3 is 2.40 bits per heavy atom. The van der Waals surface area contributed by atoms with Gasteiger partial charge in [-0.25, -0.2) is 0 Å². The van der Waals surface area contributed by atoms with Crippen molar-refractivity contribution < 1.29 is 26.8 Å². The highest BCUT2D eigenvalue weighted by Crippen LogP contribution is 2.30. The Labute approximate surface area is 60.0 Å². The Balaban J connectivity index is 3.61. The Hall–Kier alpha value is 0.290. The molecule has 2 atom stereocenters. The maximum Gasteiger partial charge on any atom is 0.426 e. The van der Waals surface area contributed by atoms with Crippen molar-refractivity contribution in [2.24, 2.45) is 0 Å². The Morgan fingerprint density at radius 1 is 1.60 bits per heavy atom. The van der Waals surface area contributed by atoms with E-state index >= 15 is 0 Å². The Kier molecular flexibility index (Phi) is 4.35. The van der Waals surface area contributed by atoms with Crippen LogP contribution in [-0.4, -0.2) is 16.7 Å². The highest BCUT2D eigenvalue weighted by atomic mass is 32.2. The first-order valence-corrected chi connectivity index (χ1v) is 3.74. The topological polar surface area (TPSA) is 46.5 Å². The first kappa shape index (κ1) is 10.3. The average molecular weight is 196 g/mol. The van der Waals surface area contributed by atoms with Crippen molar-refractivity contribution in [2.75, 3.05) is 0 Å². The van der Waals surface area contributed by atoms with Gasteiger partial charge in [0.2, 0.25) is 5.44 Å². The van der Waals surface area contributed by atoms with Crippen LogP contribution in [0.5, 0.6) is 0 Å². The third-order valence-electron chi connectivity index (χ3n) is 0.466. The molecule has 0 spiro atoms. The van der Waals surface area contributed by atoms with Crippen molar-refractivity contribution in [3.63, 3.8) is 0 Å².